The van der Waals surface area contributed by atoms with Crippen LogP contribution in [-0.2, 0) is 0 Å². The van der Waals surface area contributed by atoms with Crippen LogP contribution in [0.25, 0.3) is 0 Å². The Morgan fingerprint density at radius 2 is 2.38 bits per heavy atom. The predicted molar refractivity (Wildman–Crippen MR) is 57.0 cm³/mol. The van der Waals surface area contributed by atoms with E-state index in [1.807, 2.05) is 0 Å². The molecule has 1 aromatic heterocycles. The van der Waals surface area contributed by atoms with Gasteiger partial charge in [-0.25, -0.2) is 0 Å². The van der Waals surface area contributed by atoms with Crippen LogP contribution in [0.2, 0.25) is 0 Å². The molecule has 2 atom stereocenters. The molecule has 1 unspecified atom stereocenters. The molecule has 0 aliphatic rings. The molecule has 0 amide bonds. The van der Waals surface area contributed by atoms with Gasteiger partial charge in [0.2, 0.25) is 0 Å². The number of nitrogens with one attached hydrogen (secondary N) is 1. The lowest BCUT2D eigenvalue weighted by Gasteiger charge is -2.19. The molecule has 13 heavy (non-hydrogen) atoms. The standard InChI is InChI=1S/C10H17NOS/c1-3-9(7-12)11-8(2)10-5-4-6-13-10/h4-6,8-9,11-12H,3,7H2,1-2H3/t8?,9-/m0/s1. The van der Waals surface area contributed by atoms with Crippen LogP contribution in [0.15, 0.2) is 17.5 Å². The molecule has 3 heteroatoms. The van der Waals surface area contributed by atoms with E-state index < -0.39 is 0 Å². The first-order chi connectivity index (χ1) is 6.27. The second-order valence-electron chi connectivity index (χ2n) is 3.19. The molecule has 0 spiro atoms. The van der Waals surface area contributed by atoms with Crippen LogP contribution in [-0.4, -0.2) is 17.8 Å². The zero-order valence-electron chi connectivity index (χ0n) is 8.16. The summed E-state index contributed by atoms with van der Waals surface area (Å²) in [6.07, 6.45) is 0.964. The molecule has 1 aromatic rings. The van der Waals surface area contributed by atoms with Gasteiger partial charge in [0.1, 0.15) is 0 Å². The summed E-state index contributed by atoms with van der Waals surface area (Å²) >= 11 is 1.75. The number of aliphatic hydroxyl groups is 1. The highest BCUT2D eigenvalue weighted by molar-refractivity contribution is 7.10. The number of thiophene rings is 1. The zero-order chi connectivity index (χ0) is 9.68. The minimum atomic E-state index is 0.214. The Labute approximate surface area is 83.6 Å². The number of rotatable bonds is 5. The fourth-order valence-corrected chi connectivity index (χ4v) is 2.02. The van der Waals surface area contributed by atoms with Crippen molar-refractivity contribution in [1.82, 2.24) is 5.32 Å². The van der Waals surface area contributed by atoms with Gasteiger partial charge in [-0.15, -0.1) is 11.3 Å². The second kappa shape index (κ2) is 5.37. The van der Waals surface area contributed by atoms with Crippen molar-refractivity contribution in [2.45, 2.75) is 32.4 Å². The van der Waals surface area contributed by atoms with E-state index in [9.17, 15) is 0 Å². The summed E-state index contributed by atoms with van der Waals surface area (Å²) in [5.74, 6) is 0. The molecule has 0 saturated heterocycles. The van der Waals surface area contributed by atoms with Crippen molar-refractivity contribution in [2.75, 3.05) is 6.61 Å². The second-order valence-corrected chi connectivity index (χ2v) is 4.17. The first kappa shape index (κ1) is 10.7. The Balaban J connectivity index is 2.45. The third kappa shape index (κ3) is 3.10. The van der Waals surface area contributed by atoms with Crippen LogP contribution in [0.1, 0.15) is 31.2 Å². The predicted octanol–water partition coefficient (Wildman–Crippen LogP) is 2.17. The summed E-state index contributed by atoms with van der Waals surface area (Å²) in [4.78, 5) is 1.33. The average Bonchev–Trinajstić information content (AvgIpc) is 2.66. The highest BCUT2D eigenvalue weighted by Crippen LogP contribution is 2.18. The molecule has 0 radical (unpaired) electrons. The van der Waals surface area contributed by atoms with Gasteiger partial charge < -0.3 is 10.4 Å². The van der Waals surface area contributed by atoms with E-state index in [0.29, 0.717) is 6.04 Å². The van der Waals surface area contributed by atoms with Gasteiger partial charge in [-0.2, -0.15) is 0 Å². The number of aliphatic hydroxyl groups excluding tert-OH is 1. The van der Waals surface area contributed by atoms with Crippen molar-refractivity contribution in [3.63, 3.8) is 0 Å². The van der Waals surface area contributed by atoms with Gasteiger partial charge in [0, 0.05) is 17.0 Å². The van der Waals surface area contributed by atoms with Crippen LogP contribution >= 0.6 is 11.3 Å². The molecule has 1 heterocycles. The summed E-state index contributed by atoms with van der Waals surface area (Å²) < 4.78 is 0. The molecule has 1 rings (SSSR count). The molecule has 74 valence electrons. The lowest BCUT2D eigenvalue weighted by Crippen LogP contribution is -2.33. The molecule has 2 N–H and O–H groups in total. The van der Waals surface area contributed by atoms with Gasteiger partial charge in [0.15, 0.2) is 0 Å². The Morgan fingerprint density at radius 3 is 2.85 bits per heavy atom. The van der Waals surface area contributed by atoms with Crippen molar-refractivity contribution >= 4 is 11.3 Å². The van der Waals surface area contributed by atoms with Crippen molar-refractivity contribution in [2.24, 2.45) is 0 Å². The van der Waals surface area contributed by atoms with E-state index in [4.69, 9.17) is 5.11 Å². The van der Waals surface area contributed by atoms with E-state index in [0.717, 1.165) is 6.42 Å². The average molecular weight is 199 g/mol. The van der Waals surface area contributed by atoms with Crippen LogP contribution < -0.4 is 5.32 Å². The van der Waals surface area contributed by atoms with Gasteiger partial charge in [-0.05, 0) is 24.8 Å². The van der Waals surface area contributed by atoms with E-state index >= 15 is 0 Å². The van der Waals surface area contributed by atoms with E-state index in [1.54, 1.807) is 11.3 Å². The van der Waals surface area contributed by atoms with Gasteiger partial charge in [0.25, 0.3) is 0 Å². The van der Waals surface area contributed by atoms with Crippen LogP contribution in [0, 0.1) is 0 Å². The van der Waals surface area contributed by atoms with E-state index in [2.05, 4.69) is 36.7 Å². The molecule has 0 aromatic carbocycles. The van der Waals surface area contributed by atoms with Gasteiger partial charge in [0.05, 0.1) is 6.61 Å². The molecule has 0 aliphatic heterocycles. The molecular formula is C10H17NOS. The quantitative estimate of drug-likeness (QED) is 0.761. The van der Waals surface area contributed by atoms with Crippen molar-refractivity contribution < 1.29 is 5.11 Å². The van der Waals surface area contributed by atoms with Crippen molar-refractivity contribution in [3.05, 3.63) is 22.4 Å². The lowest BCUT2D eigenvalue weighted by atomic mass is 10.2. The lowest BCUT2D eigenvalue weighted by molar-refractivity contribution is 0.230. The first-order valence-corrected chi connectivity index (χ1v) is 5.56. The summed E-state index contributed by atoms with van der Waals surface area (Å²) in [7, 11) is 0. The number of hydrogen-bond acceptors (Lipinski definition) is 3. The maximum atomic E-state index is 9.01. The Kier molecular flexibility index (Phi) is 4.42. The van der Waals surface area contributed by atoms with Crippen molar-refractivity contribution in [3.8, 4) is 0 Å². The maximum absolute atomic E-state index is 9.01. The first-order valence-electron chi connectivity index (χ1n) is 4.68. The normalized spacial score (nSPS) is 15.6. The molecule has 0 aliphatic carbocycles. The smallest absolute Gasteiger partial charge is 0.0584 e. The van der Waals surface area contributed by atoms with E-state index in [1.165, 1.54) is 4.88 Å². The minimum absolute atomic E-state index is 0.214. The largest absolute Gasteiger partial charge is 0.395 e. The molecule has 0 bridgehead atoms. The fraction of sp³-hybridized carbons (Fsp3) is 0.600. The molecule has 2 nitrogen and oxygen atoms in total. The van der Waals surface area contributed by atoms with Gasteiger partial charge in [-0.1, -0.05) is 13.0 Å². The van der Waals surface area contributed by atoms with Crippen molar-refractivity contribution in [1.29, 1.82) is 0 Å². The van der Waals surface area contributed by atoms with Crippen LogP contribution in [0.5, 0.6) is 0 Å². The summed E-state index contributed by atoms with van der Waals surface area (Å²) in [6, 6.07) is 4.74. The Morgan fingerprint density at radius 1 is 1.62 bits per heavy atom. The summed E-state index contributed by atoms with van der Waals surface area (Å²) in [6.45, 7) is 4.42. The third-order valence-electron chi connectivity index (χ3n) is 2.17. The monoisotopic (exact) mass is 199 g/mol. The van der Waals surface area contributed by atoms with E-state index in [-0.39, 0.29) is 12.6 Å². The zero-order valence-corrected chi connectivity index (χ0v) is 8.97. The fourth-order valence-electron chi connectivity index (χ4n) is 1.27. The maximum Gasteiger partial charge on any atom is 0.0584 e. The van der Waals surface area contributed by atoms with Gasteiger partial charge in [-0.3, -0.25) is 0 Å². The Hall–Kier alpha value is -0.380. The topological polar surface area (TPSA) is 32.3 Å². The highest BCUT2D eigenvalue weighted by atomic mass is 32.1. The van der Waals surface area contributed by atoms with Crippen LogP contribution in [0.3, 0.4) is 0 Å². The van der Waals surface area contributed by atoms with Crippen LogP contribution in [0.4, 0.5) is 0 Å². The van der Waals surface area contributed by atoms with Gasteiger partial charge >= 0.3 is 0 Å². The minimum Gasteiger partial charge on any atom is -0.395 e. The Bertz CT molecular complexity index is 219. The molecular weight excluding hydrogens is 182 g/mol. The summed E-state index contributed by atoms with van der Waals surface area (Å²) in [5, 5.41) is 14.5. The third-order valence-corrected chi connectivity index (χ3v) is 3.22. The summed E-state index contributed by atoms with van der Waals surface area (Å²) in [5.41, 5.74) is 0. The molecule has 0 fully saturated rings. The molecule has 0 saturated carbocycles. The number of hydrogen-bond donors (Lipinski definition) is 2. The highest BCUT2D eigenvalue weighted by Gasteiger charge is 2.10. The SMILES string of the molecule is CC[C@@H](CO)NC(C)c1cccs1.